The van der Waals surface area contributed by atoms with Crippen LogP contribution in [0.4, 0.5) is 0 Å². The van der Waals surface area contributed by atoms with Crippen molar-refractivity contribution in [3.8, 4) is 5.75 Å². The van der Waals surface area contributed by atoms with Gasteiger partial charge in [0.2, 0.25) is 0 Å². The zero-order chi connectivity index (χ0) is 23.3. The van der Waals surface area contributed by atoms with Crippen LogP contribution in [-0.4, -0.2) is 28.4 Å². The molecule has 0 saturated carbocycles. The first kappa shape index (κ1) is 24.3. The third-order valence-corrected chi connectivity index (χ3v) is 7.69. The summed E-state index contributed by atoms with van der Waals surface area (Å²) in [5, 5.41) is 20.8. The van der Waals surface area contributed by atoms with Crippen LogP contribution >= 0.6 is 11.3 Å². The summed E-state index contributed by atoms with van der Waals surface area (Å²) in [6.45, 7) is 8.56. The fourth-order valence-electron chi connectivity index (χ4n) is 4.02. The fourth-order valence-corrected chi connectivity index (χ4v) is 5.14. The smallest absolute Gasteiger partial charge is 0.335 e. The lowest BCUT2D eigenvalue weighted by atomic mass is 9.90. The van der Waals surface area contributed by atoms with E-state index >= 15 is 0 Å². The number of aliphatic hydroxyl groups is 1. The van der Waals surface area contributed by atoms with Crippen molar-refractivity contribution in [2.24, 2.45) is 0 Å². The van der Waals surface area contributed by atoms with Gasteiger partial charge in [-0.3, -0.25) is 0 Å². The number of hydrogen-bond acceptors (Lipinski definition) is 4. The summed E-state index contributed by atoms with van der Waals surface area (Å²) in [4.78, 5) is 12.5. The fraction of sp³-hybridized carbons (Fsp3) is 0.444. The number of benzene rings is 2. The summed E-state index contributed by atoms with van der Waals surface area (Å²) in [5.74, 6) is 0.401. The number of aromatic carboxylic acids is 1. The van der Waals surface area contributed by atoms with Crippen LogP contribution in [0.25, 0.3) is 10.1 Å². The molecule has 5 heteroatoms. The van der Waals surface area contributed by atoms with Crippen molar-refractivity contribution >= 4 is 27.4 Å². The van der Waals surface area contributed by atoms with E-state index in [9.17, 15) is 15.0 Å². The number of carboxylic acids is 1. The highest BCUT2D eigenvalue weighted by Gasteiger charge is 2.23. The molecule has 172 valence electrons. The van der Waals surface area contributed by atoms with Crippen LogP contribution < -0.4 is 4.74 Å². The molecule has 0 aliphatic carbocycles. The van der Waals surface area contributed by atoms with Gasteiger partial charge in [-0.25, -0.2) is 4.79 Å². The summed E-state index contributed by atoms with van der Waals surface area (Å²) in [7, 11) is 0. The van der Waals surface area contributed by atoms with Crippen LogP contribution in [0, 0.1) is 6.92 Å². The summed E-state index contributed by atoms with van der Waals surface area (Å²) >= 11 is 1.69. The van der Waals surface area contributed by atoms with Crippen molar-refractivity contribution in [2.45, 2.75) is 71.3 Å². The molecular weight excluding hydrogens is 420 g/mol. The number of thiophene rings is 1. The van der Waals surface area contributed by atoms with Gasteiger partial charge in [0, 0.05) is 9.58 Å². The molecule has 0 spiro atoms. The standard InChI is InChI=1S/C27H34O4S/c1-5-19(10-12-23-15-21-8-9-22(26(28)29)16-25(21)32-23)20-11-13-24(18(4)14-20)31-17-27(30,6-2)7-3/h8-9,11,13-16,19,30H,5-7,10,12,17H2,1-4H3,(H,28,29). The molecule has 1 aromatic heterocycles. The number of carboxylic acid groups (broad SMARTS) is 1. The highest BCUT2D eigenvalue weighted by molar-refractivity contribution is 7.19. The van der Waals surface area contributed by atoms with Gasteiger partial charge in [-0.05, 0) is 85.7 Å². The van der Waals surface area contributed by atoms with E-state index < -0.39 is 11.6 Å². The lowest BCUT2D eigenvalue weighted by Crippen LogP contribution is -2.34. The minimum atomic E-state index is -0.884. The van der Waals surface area contributed by atoms with Gasteiger partial charge in [0.25, 0.3) is 0 Å². The average molecular weight is 455 g/mol. The van der Waals surface area contributed by atoms with E-state index in [0.717, 1.165) is 40.7 Å². The Morgan fingerprint density at radius 3 is 2.47 bits per heavy atom. The first-order chi connectivity index (χ1) is 15.3. The number of fused-ring (bicyclic) bond motifs is 1. The summed E-state index contributed by atoms with van der Waals surface area (Å²) < 4.78 is 6.98. The second-order valence-electron chi connectivity index (χ2n) is 8.66. The van der Waals surface area contributed by atoms with Crippen LogP contribution in [0.3, 0.4) is 0 Å². The Balaban J connectivity index is 1.67. The third-order valence-electron chi connectivity index (χ3n) is 6.53. The molecule has 1 heterocycles. The Morgan fingerprint density at radius 1 is 1.09 bits per heavy atom. The van der Waals surface area contributed by atoms with Crippen molar-refractivity contribution in [2.75, 3.05) is 6.61 Å². The summed E-state index contributed by atoms with van der Waals surface area (Å²) in [6, 6.07) is 13.9. The Kier molecular flexibility index (Phi) is 7.96. The molecule has 3 rings (SSSR count). The number of hydrogen-bond donors (Lipinski definition) is 2. The van der Waals surface area contributed by atoms with Crippen LogP contribution in [0.15, 0.2) is 42.5 Å². The van der Waals surface area contributed by atoms with Crippen LogP contribution in [0.5, 0.6) is 5.75 Å². The monoisotopic (exact) mass is 454 g/mol. The van der Waals surface area contributed by atoms with Crippen molar-refractivity contribution in [3.63, 3.8) is 0 Å². The second kappa shape index (κ2) is 10.5. The lowest BCUT2D eigenvalue weighted by Gasteiger charge is -2.26. The molecule has 1 unspecified atom stereocenters. The zero-order valence-electron chi connectivity index (χ0n) is 19.5. The highest BCUT2D eigenvalue weighted by Crippen LogP contribution is 2.33. The lowest BCUT2D eigenvalue weighted by molar-refractivity contribution is -0.0115. The molecule has 4 nitrogen and oxygen atoms in total. The van der Waals surface area contributed by atoms with Crippen molar-refractivity contribution in [3.05, 3.63) is 64.0 Å². The number of carbonyl (C=O) groups is 1. The number of ether oxygens (including phenoxy) is 1. The molecule has 2 aromatic carbocycles. The van der Waals surface area contributed by atoms with Crippen molar-refractivity contribution < 1.29 is 19.7 Å². The molecule has 0 aliphatic rings. The maximum Gasteiger partial charge on any atom is 0.335 e. The average Bonchev–Trinajstić information content (AvgIpc) is 3.20. The van der Waals surface area contributed by atoms with E-state index in [2.05, 4.69) is 32.0 Å². The molecule has 1 atom stereocenters. The molecular formula is C27H34O4S. The van der Waals surface area contributed by atoms with Gasteiger partial charge in [0.15, 0.2) is 0 Å². The van der Waals surface area contributed by atoms with Crippen LogP contribution in [0.2, 0.25) is 0 Å². The highest BCUT2D eigenvalue weighted by atomic mass is 32.1. The minimum Gasteiger partial charge on any atom is -0.490 e. The van der Waals surface area contributed by atoms with Gasteiger partial charge in [-0.1, -0.05) is 39.0 Å². The molecule has 0 bridgehead atoms. The second-order valence-corrected chi connectivity index (χ2v) is 9.83. The predicted octanol–water partition coefficient (Wildman–Crippen LogP) is 6.96. The van der Waals surface area contributed by atoms with Crippen LogP contribution in [0.1, 0.15) is 78.7 Å². The van der Waals surface area contributed by atoms with E-state index in [-0.39, 0.29) is 0 Å². The first-order valence-electron chi connectivity index (χ1n) is 11.5. The van der Waals surface area contributed by atoms with Gasteiger partial charge in [0.1, 0.15) is 12.4 Å². The maximum atomic E-state index is 11.2. The van der Waals surface area contributed by atoms with E-state index in [4.69, 9.17) is 4.74 Å². The molecule has 2 N–H and O–H groups in total. The van der Waals surface area contributed by atoms with Crippen molar-refractivity contribution in [1.29, 1.82) is 0 Å². The van der Waals surface area contributed by atoms with E-state index in [1.54, 1.807) is 23.5 Å². The normalized spacial score (nSPS) is 12.8. The van der Waals surface area contributed by atoms with E-state index in [1.165, 1.54) is 10.4 Å². The van der Waals surface area contributed by atoms with Gasteiger partial charge in [-0.15, -0.1) is 11.3 Å². The van der Waals surface area contributed by atoms with E-state index in [0.29, 0.717) is 30.9 Å². The van der Waals surface area contributed by atoms with Gasteiger partial charge in [0.05, 0.1) is 11.2 Å². The Bertz CT molecular complexity index is 1060. The zero-order valence-corrected chi connectivity index (χ0v) is 20.3. The topological polar surface area (TPSA) is 66.8 Å². The molecule has 0 radical (unpaired) electrons. The molecule has 3 aromatic rings. The molecule has 0 aliphatic heterocycles. The minimum absolute atomic E-state index is 0.312. The van der Waals surface area contributed by atoms with Crippen molar-refractivity contribution in [1.82, 2.24) is 0 Å². The van der Waals surface area contributed by atoms with Gasteiger partial charge < -0.3 is 14.9 Å². The molecule has 32 heavy (non-hydrogen) atoms. The first-order valence-corrected chi connectivity index (χ1v) is 12.3. The summed E-state index contributed by atoms with van der Waals surface area (Å²) in [5.41, 5.74) is 1.98. The molecule has 0 amide bonds. The Hall–Kier alpha value is -2.37. The largest absolute Gasteiger partial charge is 0.490 e. The van der Waals surface area contributed by atoms with Gasteiger partial charge in [-0.2, -0.15) is 0 Å². The third kappa shape index (κ3) is 5.70. The maximum absolute atomic E-state index is 11.2. The van der Waals surface area contributed by atoms with Crippen LogP contribution in [-0.2, 0) is 6.42 Å². The Labute approximate surface area is 194 Å². The Morgan fingerprint density at radius 2 is 1.84 bits per heavy atom. The van der Waals surface area contributed by atoms with Gasteiger partial charge >= 0.3 is 5.97 Å². The quantitative estimate of drug-likeness (QED) is 0.328. The SMILES string of the molecule is CCC(CCc1cc2ccc(C(=O)O)cc2s1)c1ccc(OCC(O)(CC)CC)c(C)c1. The number of aryl methyl sites for hydroxylation is 2. The number of rotatable bonds is 11. The molecule has 0 saturated heterocycles. The summed E-state index contributed by atoms with van der Waals surface area (Å²) in [6.07, 6.45) is 4.42. The van der Waals surface area contributed by atoms with E-state index in [1.807, 2.05) is 26.0 Å². The predicted molar refractivity (Wildman–Crippen MR) is 132 cm³/mol. The molecule has 0 fully saturated rings.